The maximum absolute atomic E-state index is 12.5. The van der Waals surface area contributed by atoms with Gasteiger partial charge in [-0.15, -0.1) is 13.2 Å². The first-order valence-corrected chi connectivity index (χ1v) is 12.0. The Labute approximate surface area is 223 Å². The molecule has 0 spiro atoms. The zero-order valence-electron chi connectivity index (χ0n) is 22.1. The molecule has 0 amide bonds. The van der Waals surface area contributed by atoms with Gasteiger partial charge >= 0.3 is 6.36 Å². The van der Waals surface area contributed by atoms with Crippen LogP contribution >= 0.6 is 0 Å². The number of nitrogens with one attached hydrogen (secondary N) is 1. The largest absolute Gasteiger partial charge is 0.573 e. The predicted octanol–water partition coefficient (Wildman–Crippen LogP) is 6.15. The Morgan fingerprint density at radius 1 is 0.949 bits per heavy atom. The van der Waals surface area contributed by atoms with Gasteiger partial charge in [0, 0.05) is 12.7 Å². The highest BCUT2D eigenvalue weighted by molar-refractivity contribution is 5.90. The minimum absolute atomic E-state index is 0.319. The molecule has 0 aliphatic heterocycles. The van der Waals surface area contributed by atoms with Gasteiger partial charge in [-0.05, 0) is 54.5 Å². The Hall–Kier alpha value is -4.48. The fourth-order valence-corrected chi connectivity index (χ4v) is 4.07. The van der Waals surface area contributed by atoms with Crippen molar-refractivity contribution >= 4 is 34.7 Å². The van der Waals surface area contributed by atoms with Crippen LogP contribution in [-0.2, 0) is 13.5 Å². The molecule has 2 aromatic carbocycles. The number of halogens is 3. The highest BCUT2D eigenvalue weighted by atomic mass is 19.4. The Bertz CT molecular complexity index is 1460. The van der Waals surface area contributed by atoms with Crippen molar-refractivity contribution in [2.45, 2.75) is 26.1 Å². The number of benzene rings is 2. The van der Waals surface area contributed by atoms with Gasteiger partial charge in [0.15, 0.2) is 23.1 Å². The quantitative estimate of drug-likeness (QED) is 0.255. The molecular weight excluding hydrogens is 515 g/mol. The zero-order valence-corrected chi connectivity index (χ0v) is 22.1. The molecule has 4 aromatic rings. The van der Waals surface area contributed by atoms with E-state index in [-0.39, 0.29) is 5.75 Å². The average Bonchev–Trinajstić information content (AvgIpc) is 3.22. The second-order valence-corrected chi connectivity index (χ2v) is 8.44. The molecule has 4 rings (SSSR count). The van der Waals surface area contributed by atoms with Crippen LogP contribution < -0.4 is 24.3 Å². The van der Waals surface area contributed by atoms with Crippen LogP contribution in [0.2, 0.25) is 0 Å². The number of fused-ring (bicyclic) bond motifs is 1. The number of aryl methyl sites for hydroxylation is 2. The second kappa shape index (κ2) is 11.5. The van der Waals surface area contributed by atoms with E-state index in [4.69, 9.17) is 19.2 Å². The lowest BCUT2D eigenvalue weighted by Gasteiger charge is -2.13. The fourth-order valence-electron chi connectivity index (χ4n) is 4.07. The van der Waals surface area contributed by atoms with E-state index in [1.807, 2.05) is 6.08 Å². The van der Waals surface area contributed by atoms with Gasteiger partial charge in [0.2, 0.25) is 5.75 Å². The Kier molecular flexibility index (Phi) is 8.12. The molecule has 2 heterocycles. The van der Waals surface area contributed by atoms with Crippen molar-refractivity contribution in [1.29, 1.82) is 0 Å². The Morgan fingerprint density at radius 3 is 2.18 bits per heavy atom. The number of anilines is 2. The van der Waals surface area contributed by atoms with Gasteiger partial charge in [0.1, 0.15) is 16.8 Å². The molecule has 0 bridgehead atoms. The van der Waals surface area contributed by atoms with Crippen LogP contribution in [-0.4, -0.2) is 47.4 Å². The summed E-state index contributed by atoms with van der Waals surface area (Å²) in [7, 11) is 6.41. The van der Waals surface area contributed by atoms with Crippen molar-refractivity contribution in [3.8, 4) is 23.0 Å². The number of rotatable bonds is 10. The minimum atomic E-state index is -4.77. The highest BCUT2D eigenvalue weighted by Gasteiger charge is 2.31. The smallest absolute Gasteiger partial charge is 0.493 e. The van der Waals surface area contributed by atoms with Crippen molar-refractivity contribution in [2.75, 3.05) is 26.6 Å². The third kappa shape index (κ3) is 6.33. The van der Waals surface area contributed by atoms with Gasteiger partial charge in [-0.3, -0.25) is 4.68 Å². The first-order valence-electron chi connectivity index (χ1n) is 12.0. The third-order valence-corrected chi connectivity index (χ3v) is 5.72. The summed E-state index contributed by atoms with van der Waals surface area (Å²) < 4.78 is 59.5. The summed E-state index contributed by atoms with van der Waals surface area (Å²) in [5.41, 5.74) is 3.44. The van der Waals surface area contributed by atoms with Crippen molar-refractivity contribution in [1.82, 2.24) is 19.7 Å². The van der Waals surface area contributed by atoms with Gasteiger partial charge in [-0.25, -0.2) is 9.97 Å². The molecular formula is C27H28F3N5O4. The molecule has 0 saturated carbocycles. The standard InChI is InChI=1S/C27H28F3N5O4/c1-6-7-19-23-24(35(2)34-19)26(31-17-9-11-18(12-10-17)39-27(28,29)30)33-22(32-23)13-8-16-14-20(36-3)25(38-5)21(15-16)37-4/h8-15H,6-7H2,1-5H3,(H,31,32,33)/b13-8+. The number of hydrogen-bond donors (Lipinski definition) is 1. The van der Waals surface area contributed by atoms with E-state index < -0.39 is 6.36 Å². The topological polar surface area (TPSA) is 92.6 Å². The van der Waals surface area contributed by atoms with Crippen LogP contribution in [0.25, 0.3) is 23.2 Å². The van der Waals surface area contributed by atoms with E-state index in [1.54, 1.807) is 44.2 Å². The number of hydrogen-bond acceptors (Lipinski definition) is 8. The summed E-state index contributed by atoms with van der Waals surface area (Å²) in [6.07, 6.45) is 0.379. The summed E-state index contributed by atoms with van der Waals surface area (Å²) in [6.45, 7) is 2.05. The summed E-state index contributed by atoms with van der Waals surface area (Å²) in [5, 5.41) is 7.80. The number of nitrogens with zero attached hydrogens (tertiary/aromatic N) is 4. The molecule has 0 radical (unpaired) electrons. The van der Waals surface area contributed by atoms with E-state index in [0.29, 0.717) is 52.0 Å². The summed E-state index contributed by atoms with van der Waals surface area (Å²) >= 11 is 0. The molecule has 39 heavy (non-hydrogen) atoms. The van der Waals surface area contributed by atoms with Crippen molar-refractivity contribution in [2.24, 2.45) is 7.05 Å². The van der Waals surface area contributed by atoms with Crippen LogP contribution in [0.1, 0.15) is 30.4 Å². The number of methoxy groups -OCH3 is 3. The lowest BCUT2D eigenvalue weighted by molar-refractivity contribution is -0.274. The van der Waals surface area contributed by atoms with Crippen molar-refractivity contribution in [3.05, 3.63) is 53.5 Å². The van der Waals surface area contributed by atoms with Crippen molar-refractivity contribution in [3.63, 3.8) is 0 Å². The molecule has 12 heteroatoms. The summed E-state index contributed by atoms with van der Waals surface area (Å²) in [4.78, 5) is 9.43. The van der Waals surface area contributed by atoms with E-state index >= 15 is 0 Å². The van der Waals surface area contributed by atoms with Crippen LogP contribution in [0.15, 0.2) is 36.4 Å². The summed E-state index contributed by atoms with van der Waals surface area (Å²) in [5.74, 6) is 2.02. The van der Waals surface area contributed by atoms with E-state index in [9.17, 15) is 13.2 Å². The number of alkyl halides is 3. The van der Waals surface area contributed by atoms with Gasteiger partial charge in [0.05, 0.1) is 27.0 Å². The van der Waals surface area contributed by atoms with Crippen LogP contribution in [0.4, 0.5) is 24.7 Å². The number of aromatic nitrogens is 4. The van der Waals surface area contributed by atoms with E-state index in [1.165, 1.54) is 31.4 Å². The second-order valence-electron chi connectivity index (χ2n) is 8.44. The highest BCUT2D eigenvalue weighted by Crippen LogP contribution is 2.38. The average molecular weight is 544 g/mol. The molecule has 0 saturated heterocycles. The summed E-state index contributed by atoms with van der Waals surface area (Å²) in [6, 6.07) is 9.00. The van der Waals surface area contributed by atoms with Crippen LogP contribution in [0, 0.1) is 0 Å². The molecule has 0 fully saturated rings. The first-order chi connectivity index (χ1) is 18.6. The van der Waals surface area contributed by atoms with Gasteiger partial charge in [-0.2, -0.15) is 5.10 Å². The lowest BCUT2D eigenvalue weighted by Crippen LogP contribution is -2.17. The lowest BCUT2D eigenvalue weighted by atomic mass is 10.1. The molecule has 0 atom stereocenters. The first kappa shape index (κ1) is 27.6. The normalized spacial score (nSPS) is 11.7. The Morgan fingerprint density at radius 2 is 1.62 bits per heavy atom. The molecule has 2 aromatic heterocycles. The number of ether oxygens (including phenoxy) is 4. The van der Waals surface area contributed by atoms with E-state index in [2.05, 4.69) is 27.1 Å². The van der Waals surface area contributed by atoms with Crippen LogP contribution in [0.5, 0.6) is 23.0 Å². The van der Waals surface area contributed by atoms with Gasteiger partial charge in [0.25, 0.3) is 0 Å². The fraction of sp³-hybridized carbons (Fsp3) is 0.296. The third-order valence-electron chi connectivity index (χ3n) is 5.72. The zero-order chi connectivity index (χ0) is 28.2. The Balaban J connectivity index is 1.74. The SMILES string of the molecule is CCCc1nn(C)c2c(Nc3ccc(OC(F)(F)F)cc3)nc(/C=C/c3cc(OC)c(OC)c(OC)c3)nc12. The molecule has 0 aliphatic carbocycles. The van der Waals surface area contributed by atoms with E-state index in [0.717, 1.165) is 17.7 Å². The van der Waals surface area contributed by atoms with Gasteiger partial charge in [-0.1, -0.05) is 19.4 Å². The molecule has 206 valence electrons. The minimum Gasteiger partial charge on any atom is -0.493 e. The van der Waals surface area contributed by atoms with Crippen molar-refractivity contribution < 1.29 is 32.1 Å². The van der Waals surface area contributed by atoms with Gasteiger partial charge < -0.3 is 24.3 Å². The molecule has 0 aliphatic rings. The maximum Gasteiger partial charge on any atom is 0.573 e. The van der Waals surface area contributed by atoms with Crippen LogP contribution in [0.3, 0.4) is 0 Å². The monoisotopic (exact) mass is 543 g/mol. The molecule has 0 unspecified atom stereocenters. The maximum atomic E-state index is 12.5. The molecule has 9 nitrogen and oxygen atoms in total. The predicted molar refractivity (Wildman–Crippen MR) is 142 cm³/mol. The molecule has 1 N–H and O–H groups in total.